The molecule has 1 heteroatoms. The summed E-state index contributed by atoms with van der Waals surface area (Å²) in [4.78, 5) is 0. The van der Waals surface area contributed by atoms with Gasteiger partial charge in [0.25, 0.3) is 0 Å². The van der Waals surface area contributed by atoms with Crippen LogP contribution in [-0.2, 0) is 6.42 Å². The number of aryl methyl sites for hydroxylation is 1. The molecule has 0 aliphatic rings. The Morgan fingerprint density at radius 1 is 1.06 bits per heavy atom. The normalized spacial score (nSPS) is 11.0. The monoisotopic (exact) mass is 282 g/mol. The van der Waals surface area contributed by atoms with Crippen molar-refractivity contribution < 1.29 is 0 Å². The standard InChI is InChI=1S/C15H23Br/c1-13(2)15-10-7-9-14(12-15)8-5-3-4-6-11-16/h7,9-10,12-13H,3-6,8,11H2,1-2H3. The van der Waals surface area contributed by atoms with E-state index < -0.39 is 0 Å². The zero-order valence-electron chi connectivity index (χ0n) is 10.5. The average molecular weight is 283 g/mol. The molecule has 16 heavy (non-hydrogen) atoms. The lowest BCUT2D eigenvalue weighted by molar-refractivity contribution is 0.671. The fourth-order valence-corrected chi connectivity index (χ4v) is 2.28. The first-order chi connectivity index (χ1) is 7.74. The number of hydrogen-bond acceptors (Lipinski definition) is 0. The molecule has 0 amide bonds. The van der Waals surface area contributed by atoms with Crippen LogP contribution in [0.2, 0.25) is 0 Å². The maximum atomic E-state index is 3.47. The smallest absolute Gasteiger partial charge is 0.00313 e. The van der Waals surface area contributed by atoms with Crippen LogP contribution in [-0.4, -0.2) is 5.33 Å². The summed E-state index contributed by atoms with van der Waals surface area (Å²) in [7, 11) is 0. The molecule has 0 atom stereocenters. The fraction of sp³-hybridized carbons (Fsp3) is 0.600. The SMILES string of the molecule is CC(C)c1cccc(CCCCCCBr)c1. The Labute approximate surface area is 109 Å². The summed E-state index contributed by atoms with van der Waals surface area (Å²) >= 11 is 3.47. The van der Waals surface area contributed by atoms with Crippen molar-refractivity contribution >= 4 is 15.9 Å². The fourth-order valence-electron chi connectivity index (χ4n) is 1.88. The number of benzene rings is 1. The second-order valence-corrected chi connectivity index (χ2v) is 5.55. The maximum absolute atomic E-state index is 3.47. The van der Waals surface area contributed by atoms with Crippen LogP contribution in [0.3, 0.4) is 0 Å². The first-order valence-electron chi connectivity index (χ1n) is 6.39. The van der Waals surface area contributed by atoms with Gasteiger partial charge in [0, 0.05) is 5.33 Å². The number of halogens is 1. The maximum Gasteiger partial charge on any atom is 0.00313 e. The Hall–Kier alpha value is -0.300. The van der Waals surface area contributed by atoms with Crippen molar-refractivity contribution in [3.05, 3.63) is 35.4 Å². The predicted molar refractivity (Wildman–Crippen MR) is 76.5 cm³/mol. The van der Waals surface area contributed by atoms with Crippen molar-refractivity contribution in [1.82, 2.24) is 0 Å². The third kappa shape index (κ3) is 5.16. The van der Waals surface area contributed by atoms with Crippen LogP contribution in [0.1, 0.15) is 56.6 Å². The van der Waals surface area contributed by atoms with Crippen LogP contribution in [0.5, 0.6) is 0 Å². The van der Waals surface area contributed by atoms with Gasteiger partial charge in [-0.25, -0.2) is 0 Å². The lowest BCUT2D eigenvalue weighted by atomic mass is 9.98. The Kier molecular flexibility index (Phi) is 6.79. The van der Waals surface area contributed by atoms with Crippen LogP contribution < -0.4 is 0 Å². The van der Waals surface area contributed by atoms with Gasteiger partial charge in [0.15, 0.2) is 0 Å². The van der Waals surface area contributed by atoms with E-state index in [4.69, 9.17) is 0 Å². The van der Waals surface area contributed by atoms with E-state index in [1.807, 2.05) is 0 Å². The minimum absolute atomic E-state index is 0.647. The highest BCUT2D eigenvalue weighted by Crippen LogP contribution is 2.17. The summed E-state index contributed by atoms with van der Waals surface area (Å²) in [5, 5.41) is 1.15. The topological polar surface area (TPSA) is 0 Å². The van der Waals surface area contributed by atoms with Crippen LogP contribution >= 0.6 is 15.9 Å². The van der Waals surface area contributed by atoms with Crippen LogP contribution in [0.15, 0.2) is 24.3 Å². The van der Waals surface area contributed by atoms with Gasteiger partial charge in [0.1, 0.15) is 0 Å². The van der Waals surface area contributed by atoms with Crippen molar-refractivity contribution in [1.29, 1.82) is 0 Å². The minimum atomic E-state index is 0.647. The molecule has 0 saturated heterocycles. The summed E-state index contributed by atoms with van der Waals surface area (Å²) in [6, 6.07) is 9.06. The lowest BCUT2D eigenvalue weighted by Gasteiger charge is -2.08. The van der Waals surface area contributed by atoms with Crippen molar-refractivity contribution in [2.45, 2.75) is 51.9 Å². The Morgan fingerprint density at radius 2 is 1.81 bits per heavy atom. The van der Waals surface area contributed by atoms with Crippen molar-refractivity contribution in [3.63, 3.8) is 0 Å². The molecule has 1 aromatic rings. The van der Waals surface area contributed by atoms with Gasteiger partial charge in [-0.2, -0.15) is 0 Å². The summed E-state index contributed by atoms with van der Waals surface area (Å²) in [6.45, 7) is 4.52. The quantitative estimate of drug-likeness (QED) is 0.470. The molecule has 0 heterocycles. The van der Waals surface area contributed by atoms with Crippen LogP contribution in [0.4, 0.5) is 0 Å². The molecule has 0 N–H and O–H groups in total. The van der Waals surface area contributed by atoms with Crippen molar-refractivity contribution in [2.24, 2.45) is 0 Å². The third-order valence-electron chi connectivity index (χ3n) is 2.97. The van der Waals surface area contributed by atoms with E-state index in [2.05, 4.69) is 54.0 Å². The van der Waals surface area contributed by atoms with Crippen molar-refractivity contribution in [3.8, 4) is 0 Å². The zero-order chi connectivity index (χ0) is 11.8. The highest BCUT2D eigenvalue weighted by Gasteiger charge is 2.00. The molecule has 0 unspecified atom stereocenters. The molecule has 0 bridgehead atoms. The molecule has 1 rings (SSSR count). The average Bonchev–Trinajstić information content (AvgIpc) is 2.29. The van der Waals surface area contributed by atoms with E-state index in [1.54, 1.807) is 0 Å². The van der Waals surface area contributed by atoms with Gasteiger partial charge in [0.05, 0.1) is 0 Å². The summed E-state index contributed by atoms with van der Waals surface area (Å²) in [5.74, 6) is 0.647. The minimum Gasteiger partial charge on any atom is -0.0928 e. The molecule has 0 saturated carbocycles. The molecular formula is C15H23Br. The third-order valence-corrected chi connectivity index (χ3v) is 3.53. The zero-order valence-corrected chi connectivity index (χ0v) is 12.1. The number of hydrogen-bond donors (Lipinski definition) is 0. The molecule has 0 radical (unpaired) electrons. The van der Waals surface area contributed by atoms with Gasteiger partial charge < -0.3 is 0 Å². The van der Waals surface area contributed by atoms with Gasteiger partial charge in [0.2, 0.25) is 0 Å². The van der Waals surface area contributed by atoms with E-state index in [1.165, 1.54) is 43.2 Å². The molecule has 0 fully saturated rings. The summed E-state index contributed by atoms with van der Waals surface area (Å²) < 4.78 is 0. The number of rotatable bonds is 7. The van der Waals surface area contributed by atoms with Gasteiger partial charge in [-0.3, -0.25) is 0 Å². The number of alkyl halides is 1. The highest BCUT2D eigenvalue weighted by molar-refractivity contribution is 9.09. The van der Waals surface area contributed by atoms with Crippen LogP contribution in [0.25, 0.3) is 0 Å². The van der Waals surface area contributed by atoms with Crippen molar-refractivity contribution in [2.75, 3.05) is 5.33 Å². The first kappa shape index (κ1) is 13.8. The van der Waals surface area contributed by atoms with Gasteiger partial charge in [-0.1, -0.05) is 66.9 Å². The largest absolute Gasteiger partial charge is 0.0928 e. The molecule has 0 aliphatic carbocycles. The lowest BCUT2D eigenvalue weighted by Crippen LogP contribution is -1.91. The molecule has 0 nitrogen and oxygen atoms in total. The summed E-state index contributed by atoms with van der Waals surface area (Å²) in [5.41, 5.74) is 2.98. The Morgan fingerprint density at radius 3 is 2.50 bits per heavy atom. The predicted octanol–water partition coefficient (Wildman–Crippen LogP) is 5.31. The highest BCUT2D eigenvalue weighted by atomic mass is 79.9. The van der Waals surface area contributed by atoms with E-state index in [0.29, 0.717) is 5.92 Å². The first-order valence-corrected chi connectivity index (χ1v) is 7.51. The molecule has 90 valence electrons. The molecule has 1 aromatic carbocycles. The second-order valence-electron chi connectivity index (χ2n) is 4.75. The van der Waals surface area contributed by atoms with E-state index in [0.717, 1.165) is 5.33 Å². The Bertz CT molecular complexity index is 291. The molecule has 0 aliphatic heterocycles. The molecule has 0 spiro atoms. The Balaban J connectivity index is 2.33. The van der Waals surface area contributed by atoms with Gasteiger partial charge >= 0.3 is 0 Å². The molecule has 0 aromatic heterocycles. The van der Waals surface area contributed by atoms with Gasteiger partial charge in [-0.05, 0) is 36.3 Å². The van der Waals surface area contributed by atoms with Gasteiger partial charge in [-0.15, -0.1) is 0 Å². The summed E-state index contributed by atoms with van der Waals surface area (Å²) in [6.07, 6.45) is 6.59. The van der Waals surface area contributed by atoms with E-state index in [-0.39, 0.29) is 0 Å². The molecular weight excluding hydrogens is 260 g/mol. The second kappa shape index (κ2) is 7.89. The van der Waals surface area contributed by atoms with E-state index in [9.17, 15) is 0 Å². The van der Waals surface area contributed by atoms with E-state index >= 15 is 0 Å². The van der Waals surface area contributed by atoms with Crippen LogP contribution in [0, 0.1) is 0 Å². The number of unbranched alkanes of at least 4 members (excludes halogenated alkanes) is 3.